The van der Waals surface area contributed by atoms with Crippen LogP contribution in [0.4, 0.5) is 0 Å². The van der Waals surface area contributed by atoms with E-state index in [0.717, 1.165) is 18.5 Å². The molecule has 1 aromatic carbocycles. The summed E-state index contributed by atoms with van der Waals surface area (Å²) in [6.45, 7) is 5.82. The van der Waals surface area contributed by atoms with E-state index in [1.807, 2.05) is 48.9 Å². The highest BCUT2D eigenvalue weighted by Gasteiger charge is 2.19. The second kappa shape index (κ2) is 10.3. The number of ether oxygens (including phenoxy) is 2. The van der Waals surface area contributed by atoms with Gasteiger partial charge in [0.25, 0.3) is 5.56 Å². The fraction of sp³-hybridized carbons (Fsp3) is 0.435. The number of aryl methyl sites for hydroxylation is 2. The molecule has 0 aliphatic heterocycles. The highest BCUT2D eigenvalue weighted by Crippen LogP contribution is 2.28. The summed E-state index contributed by atoms with van der Waals surface area (Å²) in [6.07, 6.45) is 4.58. The Bertz CT molecular complexity index is 1240. The molecule has 2 heterocycles. The van der Waals surface area contributed by atoms with Crippen molar-refractivity contribution >= 4 is 23.3 Å². The van der Waals surface area contributed by atoms with E-state index < -0.39 is 0 Å². The zero-order valence-electron chi connectivity index (χ0n) is 19.3. The van der Waals surface area contributed by atoms with E-state index in [1.54, 1.807) is 25.7 Å². The lowest BCUT2D eigenvalue weighted by atomic mass is 10.2. The van der Waals surface area contributed by atoms with Gasteiger partial charge in [-0.3, -0.25) is 13.9 Å². The fourth-order valence-electron chi connectivity index (χ4n) is 3.77. The molecule has 32 heavy (non-hydrogen) atoms. The minimum Gasteiger partial charge on any atom is -0.493 e. The quantitative estimate of drug-likeness (QED) is 0.485. The van der Waals surface area contributed by atoms with Crippen molar-refractivity contribution in [2.75, 3.05) is 27.8 Å². The Morgan fingerprint density at radius 1 is 1.00 bits per heavy atom. The van der Waals surface area contributed by atoms with Gasteiger partial charge < -0.3 is 19.4 Å². The molecule has 0 spiro atoms. The van der Waals surface area contributed by atoms with Crippen LogP contribution in [-0.2, 0) is 19.6 Å². The Morgan fingerprint density at radius 2 is 1.72 bits per heavy atom. The highest BCUT2D eigenvalue weighted by molar-refractivity contribution is 5.77. The first-order valence-electron chi connectivity index (χ1n) is 10.8. The van der Waals surface area contributed by atoms with E-state index in [1.165, 1.54) is 4.57 Å². The molecule has 0 amide bonds. The number of hydrogen-bond acceptors (Lipinski definition) is 6. The monoisotopic (exact) mass is 441 g/mol. The summed E-state index contributed by atoms with van der Waals surface area (Å²) in [5.74, 6) is 1.90. The normalized spacial score (nSPS) is 11.5. The minimum absolute atomic E-state index is 0.306. The lowest BCUT2D eigenvalue weighted by Crippen LogP contribution is -2.40. The van der Waals surface area contributed by atoms with Gasteiger partial charge in [0, 0.05) is 19.6 Å². The van der Waals surface area contributed by atoms with Crippen LogP contribution in [0.25, 0.3) is 23.3 Å². The molecule has 0 fully saturated rings. The molecule has 9 heteroatoms. The second-order valence-corrected chi connectivity index (χ2v) is 7.27. The summed E-state index contributed by atoms with van der Waals surface area (Å²) in [5.41, 5.74) is 1.14. The predicted octanol–water partition coefficient (Wildman–Crippen LogP) is 2.20. The topological polar surface area (TPSA) is 92.3 Å². The molecule has 2 aromatic heterocycles. The summed E-state index contributed by atoms with van der Waals surface area (Å²) < 4.78 is 15.4. The van der Waals surface area contributed by atoms with Gasteiger partial charge in [0.05, 0.1) is 14.2 Å². The molecule has 0 unspecified atom stereocenters. The third-order valence-electron chi connectivity index (χ3n) is 5.42. The first-order valence-corrected chi connectivity index (χ1v) is 10.8. The highest BCUT2D eigenvalue weighted by atomic mass is 16.5. The maximum absolute atomic E-state index is 13.2. The molecule has 0 saturated heterocycles. The standard InChI is InChI=1S/C23H31N5O4/c1-6-26-21-20(22(29)27(7-2)23(26)30)28(14-8-13-24-3)19(25-21)12-10-16-9-11-17(31-4)18(15-16)32-5/h9-12,15,24H,6-8,13-14H2,1-5H3/b12-10+. The number of fused-ring (bicyclic) bond motifs is 1. The SMILES string of the molecule is CCn1c(=O)c2c(nc(/C=C/c3ccc(OC)c(OC)c3)n2CCCNC)n(CC)c1=O. The molecule has 0 radical (unpaired) electrons. The minimum atomic E-state index is -0.331. The largest absolute Gasteiger partial charge is 0.493 e. The maximum atomic E-state index is 13.2. The molecule has 9 nitrogen and oxygen atoms in total. The molecule has 0 atom stereocenters. The van der Waals surface area contributed by atoms with Gasteiger partial charge in [-0.25, -0.2) is 9.78 Å². The third kappa shape index (κ3) is 4.34. The molecular weight excluding hydrogens is 410 g/mol. The Morgan fingerprint density at radius 3 is 2.34 bits per heavy atom. The summed E-state index contributed by atoms with van der Waals surface area (Å²) in [5, 5.41) is 3.13. The summed E-state index contributed by atoms with van der Waals surface area (Å²) >= 11 is 0. The van der Waals surface area contributed by atoms with Gasteiger partial charge in [0.1, 0.15) is 5.82 Å². The van der Waals surface area contributed by atoms with Gasteiger partial charge >= 0.3 is 5.69 Å². The molecule has 3 rings (SSSR count). The number of rotatable bonds is 10. The predicted molar refractivity (Wildman–Crippen MR) is 127 cm³/mol. The molecule has 3 aromatic rings. The van der Waals surface area contributed by atoms with Crippen LogP contribution in [0.5, 0.6) is 11.5 Å². The Kier molecular flexibility index (Phi) is 7.53. The van der Waals surface area contributed by atoms with Crippen LogP contribution in [0.2, 0.25) is 0 Å². The molecule has 172 valence electrons. The van der Waals surface area contributed by atoms with Gasteiger partial charge in [-0.2, -0.15) is 0 Å². The molecule has 1 N–H and O–H groups in total. The van der Waals surface area contributed by atoms with E-state index in [0.29, 0.717) is 48.1 Å². The number of hydrogen-bond donors (Lipinski definition) is 1. The Hall–Kier alpha value is -3.33. The van der Waals surface area contributed by atoms with Gasteiger partial charge in [0.2, 0.25) is 0 Å². The van der Waals surface area contributed by atoms with E-state index in [2.05, 4.69) is 5.32 Å². The van der Waals surface area contributed by atoms with Crippen LogP contribution < -0.4 is 26.0 Å². The molecule has 0 aliphatic rings. The van der Waals surface area contributed by atoms with Crippen molar-refractivity contribution in [3.63, 3.8) is 0 Å². The number of methoxy groups -OCH3 is 2. The van der Waals surface area contributed by atoms with Gasteiger partial charge in [0.15, 0.2) is 22.7 Å². The number of nitrogens with one attached hydrogen (secondary N) is 1. The lowest BCUT2D eigenvalue weighted by molar-refractivity contribution is 0.355. The molecular formula is C23H31N5O4. The van der Waals surface area contributed by atoms with Crippen LogP contribution >= 0.6 is 0 Å². The smallest absolute Gasteiger partial charge is 0.332 e. The maximum Gasteiger partial charge on any atom is 0.332 e. The van der Waals surface area contributed by atoms with Crippen molar-refractivity contribution in [1.82, 2.24) is 24.0 Å². The van der Waals surface area contributed by atoms with Gasteiger partial charge in [-0.15, -0.1) is 0 Å². The van der Waals surface area contributed by atoms with E-state index >= 15 is 0 Å². The fourth-order valence-corrected chi connectivity index (χ4v) is 3.77. The lowest BCUT2D eigenvalue weighted by Gasteiger charge is -2.10. The Balaban J connectivity index is 2.18. The van der Waals surface area contributed by atoms with Crippen molar-refractivity contribution in [2.24, 2.45) is 0 Å². The van der Waals surface area contributed by atoms with Crippen LogP contribution in [0.15, 0.2) is 27.8 Å². The average molecular weight is 442 g/mol. The number of imidazole rings is 1. The number of nitrogens with zero attached hydrogens (tertiary/aromatic N) is 4. The molecule has 0 aliphatic carbocycles. The van der Waals surface area contributed by atoms with E-state index in [4.69, 9.17) is 14.5 Å². The summed E-state index contributed by atoms with van der Waals surface area (Å²) in [6, 6.07) is 5.62. The van der Waals surface area contributed by atoms with Gasteiger partial charge in [-0.1, -0.05) is 12.1 Å². The zero-order chi connectivity index (χ0) is 23.3. The van der Waals surface area contributed by atoms with Crippen molar-refractivity contribution in [3.05, 3.63) is 50.4 Å². The summed E-state index contributed by atoms with van der Waals surface area (Å²) in [4.78, 5) is 30.6. The molecule has 0 bridgehead atoms. The van der Waals surface area contributed by atoms with Gasteiger partial charge in [-0.05, 0) is 57.6 Å². The van der Waals surface area contributed by atoms with Crippen molar-refractivity contribution in [1.29, 1.82) is 0 Å². The first-order chi connectivity index (χ1) is 15.5. The summed E-state index contributed by atoms with van der Waals surface area (Å²) in [7, 11) is 5.08. The average Bonchev–Trinajstić information content (AvgIpc) is 3.16. The molecule has 0 saturated carbocycles. The van der Waals surface area contributed by atoms with Crippen molar-refractivity contribution < 1.29 is 9.47 Å². The van der Waals surface area contributed by atoms with E-state index in [9.17, 15) is 9.59 Å². The van der Waals surface area contributed by atoms with E-state index in [-0.39, 0.29) is 11.2 Å². The number of benzene rings is 1. The third-order valence-corrected chi connectivity index (χ3v) is 5.42. The van der Waals surface area contributed by atoms with Crippen LogP contribution in [0.1, 0.15) is 31.7 Å². The van der Waals surface area contributed by atoms with Crippen molar-refractivity contribution in [3.8, 4) is 11.5 Å². The first kappa shape index (κ1) is 23.3. The zero-order valence-corrected chi connectivity index (χ0v) is 19.3. The van der Waals surface area contributed by atoms with Crippen LogP contribution in [0, 0.1) is 0 Å². The van der Waals surface area contributed by atoms with Crippen LogP contribution in [0.3, 0.4) is 0 Å². The van der Waals surface area contributed by atoms with Crippen LogP contribution in [-0.4, -0.2) is 46.5 Å². The number of aromatic nitrogens is 4. The van der Waals surface area contributed by atoms with Crippen molar-refractivity contribution in [2.45, 2.75) is 39.9 Å². The Labute approximate surface area is 186 Å². The second-order valence-electron chi connectivity index (χ2n) is 7.27.